The molecule has 0 radical (unpaired) electrons. The number of nitrogens with zero attached hydrogens (tertiary/aromatic N) is 4. The molecule has 0 bridgehead atoms. The van der Waals surface area contributed by atoms with Crippen molar-refractivity contribution < 1.29 is 4.42 Å². The van der Waals surface area contributed by atoms with Gasteiger partial charge in [-0.3, -0.25) is 4.40 Å². The van der Waals surface area contributed by atoms with Crippen LogP contribution in [0.3, 0.4) is 0 Å². The average molecular weight is 310 g/mol. The molecule has 1 aliphatic rings. The molecule has 0 aliphatic heterocycles. The van der Waals surface area contributed by atoms with Gasteiger partial charge in [0.1, 0.15) is 11.2 Å². The molecule has 1 unspecified atom stereocenters. The van der Waals surface area contributed by atoms with Crippen LogP contribution in [-0.4, -0.2) is 19.6 Å². The molecule has 4 heterocycles. The first-order chi connectivity index (χ1) is 10.8. The van der Waals surface area contributed by atoms with E-state index >= 15 is 0 Å². The van der Waals surface area contributed by atoms with Crippen molar-refractivity contribution in [1.29, 1.82) is 0 Å². The fourth-order valence-electron chi connectivity index (χ4n) is 3.32. The highest BCUT2D eigenvalue weighted by Crippen LogP contribution is 2.39. The smallest absolute Gasteiger partial charge is 0.205 e. The van der Waals surface area contributed by atoms with Crippen molar-refractivity contribution in [3.8, 4) is 11.6 Å². The van der Waals surface area contributed by atoms with Gasteiger partial charge in [0.2, 0.25) is 5.82 Å². The van der Waals surface area contributed by atoms with Gasteiger partial charge in [-0.1, -0.05) is 6.92 Å². The summed E-state index contributed by atoms with van der Waals surface area (Å²) in [4.78, 5) is 7.18. The van der Waals surface area contributed by atoms with Crippen molar-refractivity contribution in [2.45, 2.75) is 26.2 Å². The van der Waals surface area contributed by atoms with Crippen LogP contribution in [0.25, 0.3) is 27.4 Å². The quantitative estimate of drug-likeness (QED) is 0.537. The molecule has 0 amide bonds. The third-order valence-corrected chi connectivity index (χ3v) is 5.64. The van der Waals surface area contributed by atoms with Crippen molar-refractivity contribution in [2.24, 2.45) is 5.92 Å². The zero-order valence-corrected chi connectivity index (χ0v) is 12.9. The van der Waals surface area contributed by atoms with Crippen molar-refractivity contribution in [3.05, 3.63) is 35.2 Å². The van der Waals surface area contributed by atoms with Crippen molar-refractivity contribution in [1.82, 2.24) is 19.6 Å². The zero-order chi connectivity index (χ0) is 14.7. The lowest BCUT2D eigenvalue weighted by Gasteiger charge is -2.17. The van der Waals surface area contributed by atoms with E-state index in [1.807, 2.05) is 27.9 Å². The van der Waals surface area contributed by atoms with E-state index in [-0.39, 0.29) is 0 Å². The van der Waals surface area contributed by atoms with Gasteiger partial charge < -0.3 is 4.42 Å². The van der Waals surface area contributed by atoms with Crippen LogP contribution in [0, 0.1) is 5.92 Å². The van der Waals surface area contributed by atoms with Crippen LogP contribution >= 0.6 is 11.3 Å². The lowest BCUT2D eigenvalue weighted by atomic mass is 9.89. The molecule has 4 aromatic heterocycles. The number of aryl methyl sites for hydroxylation is 1. The molecule has 1 aliphatic carbocycles. The molecule has 0 aromatic carbocycles. The number of hydrogen-bond donors (Lipinski definition) is 0. The number of aromatic nitrogens is 4. The van der Waals surface area contributed by atoms with Gasteiger partial charge >= 0.3 is 0 Å². The SMILES string of the molecule is CC1CCc2sc3ncn4c(-c5ccco5)nnc4c3c2C1. The summed E-state index contributed by atoms with van der Waals surface area (Å²) in [6.45, 7) is 2.32. The summed E-state index contributed by atoms with van der Waals surface area (Å²) in [7, 11) is 0. The van der Waals surface area contributed by atoms with E-state index in [2.05, 4.69) is 22.1 Å². The highest BCUT2D eigenvalue weighted by atomic mass is 32.1. The van der Waals surface area contributed by atoms with E-state index in [1.165, 1.54) is 22.2 Å². The topological polar surface area (TPSA) is 56.2 Å². The minimum Gasteiger partial charge on any atom is -0.461 e. The van der Waals surface area contributed by atoms with E-state index in [1.54, 1.807) is 12.6 Å². The van der Waals surface area contributed by atoms with Crippen LogP contribution in [0.15, 0.2) is 29.1 Å². The van der Waals surface area contributed by atoms with E-state index in [0.717, 1.165) is 29.2 Å². The van der Waals surface area contributed by atoms with Crippen LogP contribution in [0.4, 0.5) is 0 Å². The number of hydrogen-bond acceptors (Lipinski definition) is 5. The number of furan rings is 1. The Kier molecular flexibility index (Phi) is 2.47. The molecule has 5 nitrogen and oxygen atoms in total. The maximum atomic E-state index is 5.46. The first-order valence-corrected chi connectivity index (χ1v) is 8.31. The Morgan fingerprint density at radius 1 is 1.36 bits per heavy atom. The van der Waals surface area contributed by atoms with Gasteiger partial charge in [-0.25, -0.2) is 4.98 Å². The molecular weight excluding hydrogens is 296 g/mol. The summed E-state index contributed by atoms with van der Waals surface area (Å²) in [5.74, 6) is 2.14. The molecule has 0 fully saturated rings. The Morgan fingerprint density at radius 3 is 3.18 bits per heavy atom. The van der Waals surface area contributed by atoms with Gasteiger partial charge in [-0.15, -0.1) is 21.5 Å². The summed E-state index contributed by atoms with van der Waals surface area (Å²) < 4.78 is 7.40. The fourth-order valence-corrected chi connectivity index (χ4v) is 4.50. The van der Waals surface area contributed by atoms with E-state index in [9.17, 15) is 0 Å². The van der Waals surface area contributed by atoms with Gasteiger partial charge in [-0.05, 0) is 42.9 Å². The fraction of sp³-hybridized carbons (Fsp3) is 0.312. The van der Waals surface area contributed by atoms with Gasteiger partial charge in [0.15, 0.2) is 11.4 Å². The van der Waals surface area contributed by atoms with E-state index in [4.69, 9.17) is 4.42 Å². The lowest BCUT2D eigenvalue weighted by Crippen LogP contribution is -2.09. The van der Waals surface area contributed by atoms with Crippen molar-refractivity contribution in [2.75, 3.05) is 0 Å². The predicted molar refractivity (Wildman–Crippen MR) is 85.1 cm³/mol. The van der Waals surface area contributed by atoms with Crippen molar-refractivity contribution >= 4 is 27.2 Å². The van der Waals surface area contributed by atoms with Gasteiger partial charge in [0.25, 0.3) is 0 Å². The Bertz CT molecular complexity index is 983. The monoisotopic (exact) mass is 310 g/mol. The number of fused-ring (bicyclic) bond motifs is 5. The second kappa shape index (κ2) is 4.39. The maximum absolute atomic E-state index is 5.46. The Labute approximate surface area is 130 Å². The van der Waals surface area contributed by atoms with Gasteiger partial charge in [0.05, 0.1) is 11.6 Å². The lowest BCUT2D eigenvalue weighted by molar-refractivity contribution is 0.508. The molecule has 0 N–H and O–H groups in total. The largest absolute Gasteiger partial charge is 0.461 e. The molecule has 0 spiro atoms. The minimum absolute atomic E-state index is 0.707. The first-order valence-electron chi connectivity index (χ1n) is 7.49. The molecule has 22 heavy (non-hydrogen) atoms. The third-order valence-electron chi connectivity index (χ3n) is 4.44. The molecule has 110 valence electrons. The highest BCUT2D eigenvalue weighted by Gasteiger charge is 2.24. The minimum atomic E-state index is 0.707. The molecule has 6 heteroatoms. The van der Waals surface area contributed by atoms with E-state index in [0.29, 0.717) is 11.6 Å². The summed E-state index contributed by atoms with van der Waals surface area (Å²) in [5, 5.41) is 9.93. The van der Waals surface area contributed by atoms with Crippen molar-refractivity contribution in [3.63, 3.8) is 0 Å². The Morgan fingerprint density at radius 2 is 2.32 bits per heavy atom. The van der Waals surface area contributed by atoms with Crippen LogP contribution in [-0.2, 0) is 12.8 Å². The first kappa shape index (κ1) is 12.3. The van der Waals surface area contributed by atoms with Crippen LogP contribution in [0.2, 0.25) is 0 Å². The summed E-state index contributed by atoms with van der Waals surface area (Å²) in [5.41, 5.74) is 2.32. The van der Waals surface area contributed by atoms with Gasteiger partial charge in [-0.2, -0.15) is 0 Å². The summed E-state index contributed by atoms with van der Waals surface area (Å²) in [6, 6.07) is 3.75. The van der Waals surface area contributed by atoms with Crippen LogP contribution < -0.4 is 0 Å². The number of rotatable bonds is 1. The normalized spacial score (nSPS) is 18.1. The zero-order valence-electron chi connectivity index (χ0n) is 12.1. The second-order valence-electron chi connectivity index (χ2n) is 5.97. The third kappa shape index (κ3) is 1.61. The molecule has 0 saturated carbocycles. The van der Waals surface area contributed by atoms with Crippen LogP contribution in [0.1, 0.15) is 23.8 Å². The predicted octanol–water partition coefficient (Wildman–Crippen LogP) is 3.72. The molecule has 1 atom stereocenters. The van der Waals surface area contributed by atoms with Gasteiger partial charge in [0, 0.05) is 4.88 Å². The van der Waals surface area contributed by atoms with Crippen LogP contribution in [0.5, 0.6) is 0 Å². The molecule has 5 rings (SSSR count). The second-order valence-corrected chi connectivity index (χ2v) is 7.05. The molecular formula is C16H14N4OS. The maximum Gasteiger partial charge on any atom is 0.205 e. The summed E-state index contributed by atoms with van der Waals surface area (Å²) >= 11 is 1.81. The molecule has 4 aromatic rings. The number of thiophene rings is 1. The van der Waals surface area contributed by atoms with E-state index < -0.39 is 0 Å². The highest BCUT2D eigenvalue weighted by molar-refractivity contribution is 7.19. The Hall–Kier alpha value is -2.21. The molecule has 0 saturated heterocycles. The summed E-state index contributed by atoms with van der Waals surface area (Å²) in [6.07, 6.45) is 6.99. The standard InChI is InChI=1S/C16H14N4OS/c1-9-4-5-12-10(7-9)13-15-19-18-14(11-3-2-6-21-11)20(15)8-17-16(13)22-12/h2-3,6,8-9H,4-5,7H2,1H3. The average Bonchev–Trinajstić information content (AvgIpc) is 3.23. The Balaban J connectivity index is 1.84.